The van der Waals surface area contributed by atoms with Crippen LogP contribution in [0.1, 0.15) is 26.7 Å². The van der Waals surface area contributed by atoms with Crippen LogP contribution in [0.5, 0.6) is 0 Å². The lowest BCUT2D eigenvalue weighted by molar-refractivity contribution is -0.123. The quantitative estimate of drug-likeness (QED) is 0.587. The molecule has 0 spiro atoms. The minimum Gasteiger partial charge on any atom is -0.358 e. The smallest absolute Gasteiger partial charge is 0.340 e. The van der Waals surface area contributed by atoms with Crippen molar-refractivity contribution in [1.82, 2.24) is 5.32 Å². The molecule has 0 aromatic carbocycles. The standard InChI is InChI=1S/C7H16NO4P/c1-4-7(5-2,6(9)8-3)13(10,11)12/h4-5H2,1-3H3,(H,8,9)(H2,10,11,12). The second-order valence-electron chi connectivity index (χ2n) is 2.86. The predicted molar refractivity (Wildman–Crippen MR) is 49.4 cm³/mol. The molecule has 6 heteroatoms. The van der Waals surface area contributed by atoms with Crippen molar-refractivity contribution < 1.29 is 19.1 Å². The van der Waals surface area contributed by atoms with E-state index in [1.165, 1.54) is 7.05 Å². The van der Waals surface area contributed by atoms with Gasteiger partial charge in [0.25, 0.3) is 0 Å². The van der Waals surface area contributed by atoms with Gasteiger partial charge < -0.3 is 15.1 Å². The number of amides is 1. The van der Waals surface area contributed by atoms with Crippen molar-refractivity contribution in [3.63, 3.8) is 0 Å². The molecule has 3 N–H and O–H groups in total. The zero-order valence-corrected chi connectivity index (χ0v) is 8.97. The fraction of sp³-hybridized carbons (Fsp3) is 0.857. The molecule has 0 rings (SSSR count). The SMILES string of the molecule is CCC(CC)(C(=O)NC)P(=O)(O)O. The van der Waals surface area contributed by atoms with Gasteiger partial charge in [-0.2, -0.15) is 0 Å². The Morgan fingerprint density at radius 3 is 1.85 bits per heavy atom. The maximum absolute atomic E-state index is 11.3. The number of nitrogens with one attached hydrogen (secondary N) is 1. The van der Waals surface area contributed by atoms with Crippen LogP contribution in [0.15, 0.2) is 0 Å². The molecule has 78 valence electrons. The van der Waals surface area contributed by atoms with Gasteiger partial charge in [-0.1, -0.05) is 13.8 Å². The van der Waals surface area contributed by atoms with Crippen LogP contribution < -0.4 is 5.32 Å². The first-order valence-electron chi connectivity index (χ1n) is 4.13. The summed E-state index contributed by atoms with van der Waals surface area (Å²) in [6.07, 6.45) is 0.265. The van der Waals surface area contributed by atoms with E-state index in [1.54, 1.807) is 13.8 Å². The molecule has 0 aliphatic heterocycles. The molecule has 0 saturated carbocycles. The van der Waals surface area contributed by atoms with Gasteiger partial charge in [0.1, 0.15) is 5.16 Å². The van der Waals surface area contributed by atoms with Gasteiger partial charge in [-0.15, -0.1) is 0 Å². The summed E-state index contributed by atoms with van der Waals surface area (Å²) >= 11 is 0. The molecule has 0 aromatic rings. The highest BCUT2D eigenvalue weighted by Crippen LogP contribution is 2.54. The van der Waals surface area contributed by atoms with Gasteiger partial charge in [0.15, 0.2) is 0 Å². The summed E-state index contributed by atoms with van der Waals surface area (Å²) in [5.74, 6) is -0.592. The van der Waals surface area contributed by atoms with Crippen molar-refractivity contribution in [1.29, 1.82) is 0 Å². The Balaban J connectivity index is 5.16. The summed E-state index contributed by atoms with van der Waals surface area (Å²) in [5, 5.41) is 0.729. The van der Waals surface area contributed by atoms with Crippen molar-refractivity contribution in [2.24, 2.45) is 0 Å². The summed E-state index contributed by atoms with van der Waals surface area (Å²) in [6.45, 7) is 3.19. The number of carbonyl (C=O) groups is 1. The first kappa shape index (κ1) is 12.6. The van der Waals surface area contributed by atoms with E-state index in [1.807, 2.05) is 0 Å². The topological polar surface area (TPSA) is 86.6 Å². The van der Waals surface area contributed by atoms with Gasteiger partial charge >= 0.3 is 7.60 Å². The molecule has 0 aliphatic carbocycles. The van der Waals surface area contributed by atoms with E-state index in [2.05, 4.69) is 5.32 Å². The minimum atomic E-state index is -4.39. The van der Waals surface area contributed by atoms with Crippen molar-refractivity contribution >= 4 is 13.5 Å². The van der Waals surface area contributed by atoms with E-state index in [9.17, 15) is 9.36 Å². The average molecular weight is 209 g/mol. The molecular formula is C7H16NO4P. The molecule has 0 radical (unpaired) electrons. The second-order valence-corrected chi connectivity index (χ2v) is 4.81. The van der Waals surface area contributed by atoms with Crippen LogP contribution in [0.4, 0.5) is 0 Å². The third-order valence-corrected chi connectivity index (χ3v) is 4.33. The van der Waals surface area contributed by atoms with Crippen LogP contribution in [0.2, 0.25) is 0 Å². The van der Waals surface area contributed by atoms with Crippen LogP contribution in [-0.2, 0) is 9.36 Å². The predicted octanol–water partition coefficient (Wildman–Crippen LogP) is 0.469. The highest BCUT2D eigenvalue weighted by Gasteiger charge is 2.49. The lowest BCUT2D eigenvalue weighted by Gasteiger charge is -2.29. The van der Waals surface area contributed by atoms with Crippen molar-refractivity contribution in [3.8, 4) is 0 Å². The van der Waals surface area contributed by atoms with Crippen molar-refractivity contribution in [2.45, 2.75) is 31.8 Å². The summed E-state index contributed by atoms with van der Waals surface area (Å²) < 4.78 is 11.1. The summed E-state index contributed by atoms with van der Waals surface area (Å²) in [6, 6.07) is 0. The first-order chi connectivity index (χ1) is 5.85. The Morgan fingerprint density at radius 2 is 1.77 bits per heavy atom. The normalized spacial score (nSPS) is 12.7. The average Bonchev–Trinajstić information content (AvgIpc) is 2.04. The Bertz CT molecular complexity index is 231. The van der Waals surface area contributed by atoms with Gasteiger partial charge in [0, 0.05) is 7.05 Å². The lowest BCUT2D eigenvalue weighted by Crippen LogP contribution is -2.44. The molecule has 13 heavy (non-hydrogen) atoms. The molecule has 0 heterocycles. The van der Waals surface area contributed by atoms with E-state index >= 15 is 0 Å². The van der Waals surface area contributed by atoms with Gasteiger partial charge in [0.2, 0.25) is 5.91 Å². The fourth-order valence-electron chi connectivity index (χ4n) is 1.35. The Hall–Kier alpha value is -0.380. The third kappa shape index (κ3) is 2.10. The molecule has 0 atom stereocenters. The number of rotatable bonds is 4. The van der Waals surface area contributed by atoms with Gasteiger partial charge in [0.05, 0.1) is 0 Å². The molecule has 0 fully saturated rings. The minimum absolute atomic E-state index is 0.132. The summed E-state index contributed by atoms with van der Waals surface area (Å²) in [4.78, 5) is 29.5. The van der Waals surface area contributed by atoms with E-state index in [4.69, 9.17) is 9.79 Å². The van der Waals surface area contributed by atoms with Crippen molar-refractivity contribution in [3.05, 3.63) is 0 Å². The second kappa shape index (κ2) is 4.22. The molecule has 5 nitrogen and oxygen atoms in total. The van der Waals surface area contributed by atoms with E-state index in [-0.39, 0.29) is 12.8 Å². The Labute approximate surface area is 77.7 Å². The molecule has 0 unspecified atom stereocenters. The Morgan fingerprint density at radius 1 is 1.38 bits per heavy atom. The van der Waals surface area contributed by atoms with Crippen LogP contribution in [0, 0.1) is 0 Å². The number of hydrogen-bond acceptors (Lipinski definition) is 2. The van der Waals surface area contributed by atoms with Gasteiger partial charge in [-0.3, -0.25) is 9.36 Å². The Kier molecular flexibility index (Phi) is 4.10. The van der Waals surface area contributed by atoms with Crippen LogP contribution >= 0.6 is 7.60 Å². The zero-order valence-electron chi connectivity index (χ0n) is 8.07. The van der Waals surface area contributed by atoms with Crippen molar-refractivity contribution in [2.75, 3.05) is 7.05 Å². The lowest BCUT2D eigenvalue weighted by atomic mass is 10.0. The number of carbonyl (C=O) groups excluding carboxylic acids is 1. The molecular weight excluding hydrogens is 193 g/mol. The molecule has 1 amide bonds. The summed E-state index contributed by atoms with van der Waals surface area (Å²) in [5.41, 5.74) is 0. The highest BCUT2D eigenvalue weighted by molar-refractivity contribution is 7.54. The maximum Gasteiger partial charge on any atom is 0.340 e. The van der Waals surface area contributed by atoms with E-state index < -0.39 is 18.7 Å². The van der Waals surface area contributed by atoms with Gasteiger partial charge in [-0.05, 0) is 12.8 Å². The van der Waals surface area contributed by atoms with Crippen LogP contribution in [-0.4, -0.2) is 27.9 Å². The zero-order chi connectivity index (χ0) is 10.7. The number of hydrogen-bond donors (Lipinski definition) is 3. The van der Waals surface area contributed by atoms with Gasteiger partial charge in [-0.25, -0.2) is 0 Å². The largest absolute Gasteiger partial charge is 0.358 e. The van der Waals surface area contributed by atoms with Crippen LogP contribution in [0.25, 0.3) is 0 Å². The van der Waals surface area contributed by atoms with Crippen LogP contribution in [0.3, 0.4) is 0 Å². The molecule has 0 aliphatic rings. The van der Waals surface area contributed by atoms with E-state index in [0.717, 1.165) is 0 Å². The molecule has 0 aromatic heterocycles. The first-order valence-corrected chi connectivity index (χ1v) is 5.74. The third-order valence-electron chi connectivity index (χ3n) is 2.38. The monoisotopic (exact) mass is 209 g/mol. The highest BCUT2D eigenvalue weighted by atomic mass is 31.2. The summed E-state index contributed by atoms with van der Waals surface area (Å²) in [7, 11) is -3.02. The molecule has 0 bridgehead atoms. The fourth-order valence-corrected chi connectivity index (χ4v) is 2.55. The molecule has 0 saturated heterocycles. The maximum atomic E-state index is 11.3. The van der Waals surface area contributed by atoms with E-state index in [0.29, 0.717) is 0 Å².